The van der Waals surface area contributed by atoms with Gasteiger partial charge in [0.2, 0.25) is 0 Å². The second kappa shape index (κ2) is 5.39. The average Bonchev–Trinajstić information content (AvgIpc) is 2.67. The lowest BCUT2D eigenvalue weighted by Gasteiger charge is -2.17. The second-order valence-corrected chi connectivity index (χ2v) is 4.47. The first-order valence-corrected chi connectivity index (χ1v) is 5.78. The lowest BCUT2D eigenvalue weighted by molar-refractivity contribution is -0.121. The molecular weight excluding hydrogens is 240 g/mol. The summed E-state index contributed by atoms with van der Waals surface area (Å²) in [5.74, 6) is -0.0753. The van der Waals surface area contributed by atoms with E-state index in [1.54, 1.807) is 11.9 Å². The van der Waals surface area contributed by atoms with Crippen LogP contribution < -0.4 is 5.32 Å². The fourth-order valence-corrected chi connectivity index (χ4v) is 2.09. The van der Waals surface area contributed by atoms with Crippen molar-refractivity contribution >= 4 is 11.6 Å². The van der Waals surface area contributed by atoms with Gasteiger partial charge >= 0.3 is 0 Å². The van der Waals surface area contributed by atoms with E-state index < -0.39 is 12.0 Å². The molecule has 1 aliphatic rings. The van der Waals surface area contributed by atoms with E-state index in [-0.39, 0.29) is 24.8 Å². The van der Waals surface area contributed by atoms with Crippen molar-refractivity contribution in [3.8, 4) is 0 Å². The Labute approximate surface area is 104 Å². The van der Waals surface area contributed by atoms with Crippen molar-refractivity contribution in [3.05, 3.63) is 24.1 Å². The van der Waals surface area contributed by atoms with E-state index in [1.807, 2.05) is 0 Å². The van der Waals surface area contributed by atoms with Gasteiger partial charge in [0.15, 0.2) is 5.78 Å². The van der Waals surface area contributed by atoms with Gasteiger partial charge in [-0.25, -0.2) is 13.8 Å². The summed E-state index contributed by atoms with van der Waals surface area (Å²) in [4.78, 5) is 17.4. The minimum Gasteiger partial charge on any atom is -0.363 e. The molecule has 0 unspecified atom stereocenters. The summed E-state index contributed by atoms with van der Waals surface area (Å²) in [5, 5.41) is 2.81. The second-order valence-electron chi connectivity index (χ2n) is 4.47. The smallest absolute Gasteiger partial charge is 0.169 e. The molecule has 1 fully saturated rings. The Balaban J connectivity index is 1.86. The lowest BCUT2D eigenvalue weighted by Crippen LogP contribution is -2.36. The standard InChI is InChI=1S/C12H15F2N3O/c1-17-7-9(14)4-10(17)11(18)6-16-12-3-2-8(13)5-15-12/h2-3,5,9-10H,4,6-7H2,1H3,(H,15,16)/t9-,10+/m1/s1. The monoisotopic (exact) mass is 255 g/mol. The molecular formula is C12H15F2N3O. The number of Topliss-reactive ketones (excluding diaryl/α,β-unsaturated/α-hetero) is 1. The average molecular weight is 255 g/mol. The number of halogens is 2. The Morgan fingerprint density at radius 2 is 2.39 bits per heavy atom. The number of nitrogens with one attached hydrogen (secondary N) is 1. The maximum absolute atomic E-state index is 13.1. The molecule has 0 bridgehead atoms. The van der Waals surface area contributed by atoms with Crippen LogP contribution in [0.1, 0.15) is 6.42 Å². The predicted octanol–water partition coefficient (Wildman–Crippen LogP) is 1.24. The first-order valence-electron chi connectivity index (χ1n) is 5.78. The SMILES string of the molecule is CN1C[C@H](F)C[C@H]1C(=O)CNc1ccc(F)cn1. The maximum Gasteiger partial charge on any atom is 0.169 e. The van der Waals surface area contributed by atoms with Gasteiger partial charge in [0.05, 0.1) is 18.8 Å². The van der Waals surface area contributed by atoms with Gasteiger partial charge in [-0.2, -0.15) is 0 Å². The van der Waals surface area contributed by atoms with Crippen molar-refractivity contribution in [1.29, 1.82) is 0 Å². The number of pyridine rings is 1. The molecule has 98 valence electrons. The third-order valence-electron chi connectivity index (χ3n) is 3.04. The molecule has 1 saturated heterocycles. The molecule has 0 aromatic carbocycles. The summed E-state index contributed by atoms with van der Waals surface area (Å²) in [6.45, 7) is 0.367. The van der Waals surface area contributed by atoms with Gasteiger partial charge in [0.1, 0.15) is 17.8 Å². The Kier molecular flexibility index (Phi) is 3.86. The number of anilines is 1. The summed E-state index contributed by atoms with van der Waals surface area (Å²) < 4.78 is 25.7. The van der Waals surface area contributed by atoms with Crippen LogP contribution in [0.4, 0.5) is 14.6 Å². The molecule has 4 nitrogen and oxygen atoms in total. The van der Waals surface area contributed by atoms with Gasteiger partial charge in [-0.1, -0.05) is 0 Å². The molecule has 0 amide bonds. The Bertz CT molecular complexity index is 424. The number of rotatable bonds is 4. The Morgan fingerprint density at radius 3 is 2.94 bits per heavy atom. The highest BCUT2D eigenvalue weighted by atomic mass is 19.1. The first-order chi connectivity index (χ1) is 8.56. The molecule has 1 N–H and O–H groups in total. The molecule has 2 atom stereocenters. The fourth-order valence-electron chi connectivity index (χ4n) is 2.09. The van der Waals surface area contributed by atoms with Crippen molar-refractivity contribution in [2.75, 3.05) is 25.5 Å². The van der Waals surface area contributed by atoms with Gasteiger partial charge in [0, 0.05) is 13.0 Å². The molecule has 6 heteroatoms. The van der Waals surface area contributed by atoms with Gasteiger partial charge in [-0.3, -0.25) is 9.69 Å². The summed E-state index contributed by atoms with van der Waals surface area (Å²) in [7, 11) is 1.73. The van der Waals surface area contributed by atoms with Gasteiger partial charge < -0.3 is 5.32 Å². The van der Waals surface area contributed by atoms with E-state index in [4.69, 9.17) is 0 Å². The van der Waals surface area contributed by atoms with Crippen LogP contribution in [0, 0.1) is 5.82 Å². The Hall–Kier alpha value is -1.56. The normalized spacial score (nSPS) is 24.2. The molecule has 2 heterocycles. The van der Waals surface area contributed by atoms with Crippen LogP contribution in [0.5, 0.6) is 0 Å². The molecule has 0 radical (unpaired) electrons. The minimum atomic E-state index is -0.937. The number of carbonyl (C=O) groups is 1. The zero-order chi connectivity index (χ0) is 13.1. The number of hydrogen-bond donors (Lipinski definition) is 1. The fraction of sp³-hybridized carbons (Fsp3) is 0.500. The summed E-state index contributed by atoms with van der Waals surface area (Å²) in [6, 6.07) is 2.34. The number of likely N-dealkylation sites (tertiary alicyclic amines) is 1. The maximum atomic E-state index is 13.1. The number of ketones is 1. The predicted molar refractivity (Wildman–Crippen MR) is 63.6 cm³/mol. The number of aromatic nitrogens is 1. The van der Waals surface area contributed by atoms with Crippen LogP contribution in [-0.2, 0) is 4.79 Å². The van der Waals surface area contributed by atoms with Gasteiger partial charge in [-0.05, 0) is 19.2 Å². The Morgan fingerprint density at radius 1 is 1.61 bits per heavy atom. The molecule has 2 rings (SSSR count). The summed E-state index contributed by atoms with van der Waals surface area (Å²) in [5.41, 5.74) is 0. The summed E-state index contributed by atoms with van der Waals surface area (Å²) >= 11 is 0. The highest BCUT2D eigenvalue weighted by Crippen LogP contribution is 2.19. The summed E-state index contributed by atoms with van der Waals surface area (Å²) in [6.07, 6.45) is 0.382. The molecule has 1 aromatic rings. The van der Waals surface area contributed by atoms with Crippen molar-refractivity contribution in [2.24, 2.45) is 0 Å². The van der Waals surface area contributed by atoms with E-state index in [1.165, 1.54) is 12.1 Å². The van der Waals surface area contributed by atoms with E-state index in [2.05, 4.69) is 10.3 Å². The zero-order valence-electron chi connectivity index (χ0n) is 10.1. The van der Waals surface area contributed by atoms with E-state index >= 15 is 0 Å². The number of alkyl halides is 1. The number of nitrogens with zero attached hydrogens (tertiary/aromatic N) is 2. The van der Waals surface area contributed by atoms with Crippen LogP contribution in [0.3, 0.4) is 0 Å². The van der Waals surface area contributed by atoms with Crippen molar-refractivity contribution in [2.45, 2.75) is 18.6 Å². The minimum absolute atomic E-state index is 0.0698. The van der Waals surface area contributed by atoms with Crippen LogP contribution in [0.2, 0.25) is 0 Å². The molecule has 1 aliphatic heterocycles. The molecule has 0 spiro atoms. The third-order valence-corrected chi connectivity index (χ3v) is 3.04. The largest absolute Gasteiger partial charge is 0.363 e. The van der Waals surface area contributed by atoms with Crippen LogP contribution in [0.15, 0.2) is 18.3 Å². The van der Waals surface area contributed by atoms with Gasteiger partial charge in [-0.15, -0.1) is 0 Å². The zero-order valence-corrected chi connectivity index (χ0v) is 10.1. The van der Waals surface area contributed by atoms with Crippen molar-refractivity contribution in [3.63, 3.8) is 0 Å². The van der Waals surface area contributed by atoms with Gasteiger partial charge in [0.25, 0.3) is 0 Å². The number of likely N-dealkylation sites (N-methyl/N-ethyl adjacent to an activating group) is 1. The van der Waals surface area contributed by atoms with Crippen molar-refractivity contribution in [1.82, 2.24) is 9.88 Å². The first kappa shape index (κ1) is 12.9. The molecule has 1 aromatic heterocycles. The van der Waals surface area contributed by atoms with Crippen LogP contribution in [-0.4, -0.2) is 48.0 Å². The molecule has 0 saturated carbocycles. The highest BCUT2D eigenvalue weighted by molar-refractivity contribution is 5.88. The van der Waals surface area contributed by atoms with Crippen LogP contribution >= 0.6 is 0 Å². The third kappa shape index (κ3) is 3.01. The quantitative estimate of drug-likeness (QED) is 0.879. The van der Waals surface area contributed by atoms with Crippen molar-refractivity contribution < 1.29 is 13.6 Å². The molecule has 0 aliphatic carbocycles. The van der Waals surface area contributed by atoms with Crippen LogP contribution in [0.25, 0.3) is 0 Å². The van der Waals surface area contributed by atoms with E-state index in [0.717, 1.165) is 6.20 Å². The van der Waals surface area contributed by atoms with E-state index in [9.17, 15) is 13.6 Å². The number of hydrogen-bond acceptors (Lipinski definition) is 4. The number of carbonyl (C=O) groups excluding carboxylic acids is 1. The molecule has 18 heavy (non-hydrogen) atoms. The highest BCUT2D eigenvalue weighted by Gasteiger charge is 2.33. The lowest BCUT2D eigenvalue weighted by atomic mass is 10.1. The topological polar surface area (TPSA) is 45.2 Å². The van der Waals surface area contributed by atoms with E-state index in [0.29, 0.717) is 12.4 Å².